The summed E-state index contributed by atoms with van der Waals surface area (Å²) in [4.78, 5) is 27.5. The summed E-state index contributed by atoms with van der Waals surface area (Å²) in [7, 11) is 0. The van der Waals surface area contributed by atoms with E-state index < -0.39 is 18.0 Å². The van der Waals surface area contributed by atoms with Crippen molar-refractivity contribution in [1.29, 1.82) is 0 Å². The molecule has 0 saturated heterocycles. The summed E-state index contributed by atoms with van der Waals surface area (Å²) in [5.74, 6) is -1.96. The minimum atomic E-state index is -0.981. The molecule has 0 atom stereocenters. The zero-order valence-electron chi connectivity index (χ0n) is 7.34. The van der Waals surface area contributed by atoms with Gasteiger partial charge in [0.15, 0.2) is 0 Å². The SMILES string of the molecule is C=CC(=O)O.C=CC(=O)O.NC(N)=O. The van der Waals surface area contributed by atoms with Gasteiger partial charge in [-0.25, -0.2) is 14.4 Å². The van der Waals surface area contributed by atoms with E-state index in [1.165, 1.54) is 0 Å². The van der Waals surface area contributed by atoms with Crippen molar-refractivity contribution in [1.82, 2.24) is 0 Å². The Labute approximate surface area is 80.3 Å². The first-order valence-electron chi connectivity index (χ1n) is 3.03. The van der Waals surface area contributed by atoms with E-state index in [0.717, 1.165) is 12.2 Å². The van der Waals surface area contributed by atoms with Crippen molar-refractivity contribution >= 4 is 18.0 Å². The van der Waals surface area contributed by atoms with Gasteiger partial charge in [0.2, 0.25) is 0 Å². The monoisotopic (exact) mass is 204 g/mol. The van der Waals surface area contributed by atoms with Gasteiger partial charge in [-0.05, 0) is 0 Å². The van der Waals surface area contributed by atoms with E-state index >= 15 is 0 Å². The Morgan fingerprint density at radius 1 is 0.929 bits per heavy atom. The van der Waals surface area contributed by atoms with Crippen LogP contribution in [-0.2, 0) is 9.59 Å². The van der Waals surface area contributed by atoms with Gasteiger partial charge in [0, 0.05) is 12.2 Å². The summed E-state index contributed by atoms with van der Waals surface area (Å²) >= 11 is 0. The van der Waals surface area contributed by atoms with Gasteiger partial charge in [0.05, 0.1) is 0 Å². The minimum Gasteiger partial charge on any atom is -0.478 e. The highest BCUT2D eigenvalue weighted by Crippen LogP contribution is 1.55. The van der Waals surface area contributed by atoms with E-state index in [-0.39, 0.29) is 0 Å². The standard InChI is InChI=1S/2C3H4O2.CH4N2O/c2*1-2-3(4)5;2-1(3)4/h2*2H,1H2,(H,4,5);(H4,2,3,4). The van der Waals surface area contributed by atoms with Crippen molar-refractivity contribution < 1.29 is 24.6 Å². The quantitative estimate of drug-likeness (QED) is 0.450. The first-order valence-corrected chi connectivity index (χ1v) is 3.03. The minimum absolute atomic E-state index is 0.833. The van der Waals surface area contributed by atoms with Gasteiger partial charge in [-0.1, -0.05) is 13.2 Å². The van der Waals surface area contributed by atoms with Gasteiger partial charge < -0.3 is 21.7 Å². The second-order valence-corrected chi connectivity index (χ2v) is 1.49. The predicted octanol–water partition coefficient (Wildman–Crippen LogP) is -0.462. The molecule has 0 aliphatic heterocycles. The molecule has 0 aromatic carbocycles. The molecule has 14 heavy (non-hydrogen) atoms. The van der Waals surface area contributed by atoms with Crippen molar-refractivity contribution in [3.05, 3.63) is 25.3 Å². The number of carboxylic acid groups (broad SMARTS) is 2. The van der Waals surface area contributed by atoms with Crippen molar-refractivity contribution in [2.24, 2.45) is 11.5 Å². The maximum absolute atomic E-state index is 9.25. The van der Waals surface area contributed by atoms with Crippen molar-refractivity contribution in [2.75, 3.05) is 0 Å². The van der Waals surface area contributed by atoms with Crippen LogP contribution in [0.4, 0.5) is 4.79 Å². The van der Waals surface area contributed by atoms with Gasteiger partial charge in [-0.15, -0.1) is 0 Å². The number of primary amides is 2. The summed E-state index contributed by atoms with van der Waals surface area (Å²) in [6.07, 6.45) is 1.67. The largest absolute Gasteiger partial charge is 0.478 e. The van der Waals surface area contributed by atoms with Gasteiger partial charge in [-0.2, -0.15) is 0 Å². The Bertz CT molecular complexity index is 202. The number of nitrogens with two attached hydrogens (primary N) is 2. The third-order valence-corrected chi connectivity index (χ3v) is 0.349. The molecule has 0 heterocycles. The Morgan fingerprint density at radius 3 is 1.00 bits per heavy atom. The number of amides is 2. The van der Waals surface area contributed by atoms with E-state index in [1.807, 2.05) is 0 Å². The van der Waals surface area contributed by atoms with Gasteiger partial charge in [-0.3, -0.25) is 0 Å². The Morgan fingerprint density at radius 2 is 1.00 bits per heavy atom. The normalized spacial score (nSPS) is 6.29. The fourth-order valence-corrected chi connectivity index (χ4v) is 0. The molecule has 0 fully saturated rings. The molecular weight excluding hydrogens is 192 g/mol. The van der Waals surface area contributed by atoms with Crippen molar-refractivity contribution in [2.45, 2.75) is 0 Å². The van der Waals surface area contributed by atoms with E-state index in [1.54, 1.807) is 0 Å². The molecule has 0 aliphatic rings. The molecule has 6 N–H and O–H groups in total. The van der Waals surface area contributed by atoms with Crippen molar-refractivity contribution in [3.63, 3.8) is 0 Å². The van der Waals surface area contributed by atoms with Crippen LogP contribution in [0.15, 0.2) is 25.3 Å². The lowest BCUT2D eigenvalue weighted by molar-refractivity contribution is -0.132. The second-order valence-electron chi connectivity index (χ2n) is 1.49. The van der Waals surface area contributed by atoms with Crippen LogP contribution in [0.25, 0.3) is 0 Å². The number of aliphatic carboxylic acids is 2. The lowest BCUT2D eigenvalue weighted by Gasteiger charge is -1.64. The molecule has 0 aromatic rings. The Balaban J connectivity index is -0.000000131. The molecule has 80 valence electrons. The second kappa shape index (κ2) is 13.3. The number of urea groups is 1. The molecule has 0 saturated carbocycles. The molecule has 0 aliphatic carbocycles. The molecule has 0 spiro atoms. The van der Waals surface area contributed by atoms with E-state index in [0.29, 0.717) is 0 Å². The lowest BCUT2D eigenvalue weighted by atomic mass is 10.7. The first-order chi connectivity index (χ1) is 6.27. The molecule has 0 bridgehead atoms. The highest BCUT2D eigenvalue weighted by molar-refractivity contribution is 5.79. The van der Waals surface area contributed by atoms with Crippen molar-refractivity contribution in [3.8, 4) is 0 Å². The summed E-state index contributed by atoms with van der Waals surface area (Å²) < 4.78 is 0. The average Bonchev–Trinajstić information content (AvgIpc) is 2.04. The molecule has 0 unspecified atom stereocenters. The molecule has 0 aromatic heterocycles. The average molecular weight is 204 g/mol. The Kier molecular flexibility index (Phi) is 16.8. The number of carbonyl (C=O) groups is 3. The lowest BCUT2D eigenvalue weighted by Crippen LogP contribution is -2.18. The molecule has 7 nitrogen and oxygen atoms in total. The third-order valence-electron chi connectivity index (χ3n) is 0.349. The zero-order chi connectivity index (χ0) is 12.1. The van der Waals surface area contributed by atoms with Gasteiger partial charge >= 0.3 is 18.0 Å². The topological polar surface area (TPSA) is 144 Å². The van der Waals surface area contributed by atoms with Crippen LogP contribution in [0, 0.1) is 0 Å². The number of hydrogen-bond donors (Lipinski definition) is 4. The third kappa shape index (κ3) is 256. The molecule has 0 rings (SSSR count). The number of carboxylic acids is 2. The van der Waals surface area contributed by atoms with Crippen LogP contribution in [0.1, 0.15) is 0 Å². The number of hydrogen-bond acceptors (Lipinski definition) is 3. The van der Waals surface area contributed by atoms with E-state index in [4.69, 9.17) is 15.0 Å². The van der Waals surface area contributed by atoms with Crippen LogP contribution < -0.4 is 11.5 Å². The fourth-order valence-electron chi connectivity index (χ4n) is 0. The summed E-state index contributed by atoms with van der Waals surface area (Å²) in [5.41, 5.74) is 8.50. The first kappa shape index (κ1) is 17.7. The highest BCUT2D eigenvalue weighted by Gasteiger charge is 1.73. The molecule has 0 radical (unpaired) electrons. The van der Waals surface area contributed by atoms with Crippen LogP contribution in [0.3, 0.4) is 0 Å². The highest BCUT2D eigenvalue weighted by atomic mass is 16.4. The number of rotatable bonds is 2. The maximum Gasteiger partial charge on any atom is 0.327 e. The zero-order valence-corrected chi connectivity index (χ0v) is 7.34. The molecule has 7 heteroatoms. The number of carbonyl (C=O) groups excluding carboxylic acids is 1. The smallest absolute Gasteiger partial charge is 0.327 e. The predicted molar refractivity (Wildman–Crippen MR) is 49.4 cm³/mol. The molecule has 2 amide bonds. The van der Waals surface area contributed by atoms with Crippen LogP contribution in [0.2, 0.25) is 0 Å². The van der Waals surface area contributed by atoms with E-state index in [9.17, 15) is 9.59 Å². The maximum atomic E-state index is 9.25. The Hall–Kier alpha value is -2.31. The van der Waals surface area contributed by atoms with Gasteiger partial charge in [0.1, 0.15) is 0 Å². The summed E-state index contributed by atoms with van der Waals surface area (Å²) in [5, 5.41) is 15.2. The van der Waals surface area contributed by atoms with Gasteiger partial charge in [0.25, 0.3) is 0 Å². The molecular formula is C7H12N2O5. The fraction of sp³-hybridized carbons (Fsp3) is 0. The summed E-state index contributed by atoms with van der Waals surface area (Å²) in [6, 6.07) is -0.833. The van der Waals surface area contributed by atoms with Crippen LogP contribution in [0.5, 0.6) is 0 Å². The summed E-state index contributed by atoms with van der Waals surface area (Å²) in [6.45, 7) is 5.92. The van der Waals surface area contributed by atoms with Crippen LogP contribution in [-0.4, -0.2) is 28.2 Å². The van der Waals surface area contributed by atoms with E-state index in [2.05, 4.69) is 24.6 Å². The van der Waals surface area contributed by atoms with Crippen LogP contribution >= 0.6 is 0 Å².